The third-order valence-electron chi connectivity index (χ3n) is 2.97. The molecule has 1 amide bonds. The van der Waals surface area contributed by atoms with Crippen LogP contribution in [-0.2, 0) is 17.9 Å². The van der Waals surface area contributed by atoms with E-state index in [1.807, 2.05) is 37.3 Å². The highest BCUT2D eigenvalue weighted by atomic mass is 35.5. The number of hydrogen-bond donors (Lipinski definition) is 2. The van der Waals surface area contributed by atoms with Gasteiger partial charge in [-0.15, -0.1) is 0 Å². The monoisotopic (exact) mass is 292 g/mol. The Morgan fingerprint density at radius 1 is 1.25 bits per heavy atom. The lowest BCUT2D eigenvalue weighted by atomic mass is 10.2. The quantitative estimate of drug-likeness (QED) is 0.861. The molecule has 1 atom stereocenters. The molecule has 0 spiro atoms. The SMILES string of the molecule is CC(NCc1ccccc1Cl)C(=O)NCc1ccco1. The van der Waals surface area contributed by atoms with Crippen LogP contribution in [-0.4, -0.2) is 11.9 Å². The van der Waals surface area contributed by atoms with Crippen LogP contribution in [0.15, 0.2) is 47.1 Å². The number of amides is 1. The predicted molar refractivity (Wildman–Crippen MR) is 78.3 cm³/mol. The van der Waals surface area contributed by atoms with Crippen LogP contribution in [0.3, 0.4) is 0 Å². The summed E-state index contributed by atoms with van der Waals surface area (Å²) in [4.78, 5) is 11.9. The van der Waals surface area contributed by atoms with Crippen molar-refractivity contribution in [3.8, 4) is 0 Å². The molecule has 0 fully saturated rings. The number of halogens is 1. The van der Waals surface area contributed by atoms with Gasteiger partial charge in [-0.3, -0.25) is 4.79 Å². The maximum atomic E-state index is 11.9. The second-order valence-electron chi connectivity index (χ2n) is 4.49. The van der Waals surface area contributed by atoms with Gasteiger partial charge in [-0.1, -0.05) is 29.8 Å². The smallest absolute Gasteiger partial charge is 0.237 e. The average molecular weight is 293 g/mol. The average Bonchev–Trinajstić information content (AvgIpc) is 2.97. The maximum Gasteiger partial charge on any atom is 0.237 e. The normalized spacial score (nSPS) is 12.1. The van der Waals surface area contributed by atoms with Crippen LogP contribution in [0.2, 0.25) is 5.02 Å². The van der Waals surface area contributed by atoms with E-state index in [1.54, 1.807) is 12.3 Å². The minimum absolute atomic E-state index is 0.0755. The number of carbonyl (C=O) groups excluding carboxylic acids is 1. The summed E-state index contributed by atoms with van der Waals surface area (Å²) in [7, 11) is 0. The number of benzene rings is 1. The standard InChI is InChI=1S/C15H17ClN2O2/c1-11(15(19)18-10-13-6-4-8-20-13)17-9-12-5-2-3-7-14(12)16/h2-8,11,17H,9-10H2,1H3,(H,18,19). The minimum Gasteiger partial charge on any atom is -0.467 e. The van der Waals surface area contributed by atoms with Crippen molar-refractivity contribution >= 4 is 17.5 Å². The predicted octanol–water partition coefficient (Wildman–Crippen LogP) is 2.73. The number of rotatable bonds is 6. The molecule has 1 heterocycles. The van der Waals surface area contributed by atoms with Gasteiger partial charge < -0.3 is 15.1 Å². The van der Waals surface area contributed by atoms with Crippen molar-refractivity contribution in [1.29, 1.82) is 0 Å². The summed E-state index contributed by atoms with van der Waals surface area (Å²) in [5, 5.41) is 6.65. The minimum atomic E-state index is -0.304. The molecule has 2 N–H and O–H groups in total. The van der Waals surface area contributed by atoms with Gasteiger partial charge in [0.2, 0.25) is 5.91 Å². The number of nitrogens with one attached hydrogen (secondary N) is 2. The molecule has 0 aliphatic rings. The van der Waals surface area contributed by atoms with Gasteiger partial charge in [0, 0.05) is 11.6 Å². The van der Waals surface area contributed by atoms with Gasteiger partial charge in [0.05, 0.1) is 18.8 Å². The molecule has 5 heteroatoms. The molecule has 1 aromatic heterocycles. The third kappa shape index (κ3) is 4.11. The largest absolute Gasteiger partial charge is 0.467 e. The molecule has 106 valence electrons. The van der Waals surface area contributed by atoms with Crippen molar-refractivity contribution in [2.24, 2.45) is 0 Å². The molecule has 0 bridgehead atoms. The Balaban J connectivity index is 1.78. The molecule has 2 rings (SSSR count). The zero-order valence-electron chi connectivity index (χ0n) is 11.2. The van der Waals surface area contributed by atoms with Gasteiger partial charge in [-0.25, -0.2) is 0 Å². The lowest BCUT2D eigenvalue weighted by Gasteiger charge is -2.14. The molecular formula is C15H17ClN2O2. The van der Waals surface area contributed by atoms with E-state index in [1.165, 1.54) is 0 Å². The first-order valence-corrected chi connectivity index (χ1v) is 6.81. The number of carbonyl (C=O) groups is 1. The first kappa shape index (κ1) is 14.6. The van der Waals surface area contributed by atoms with Crippen LogP contribution in [0.4, 0.5) is 0 Å². The van der Waals surface area contributed by atoms with E-state index in [0.29, 0.717) is 18.1 Å². The Bertz CT molecular complexity index is 555. The van der Waals surface area contributed by atoms with Crippen molar-refractivity contribution in [3.63, 3.8) is 0 Å². The summed E-state index contributed by atoms with van der Waals surface area (Å²) in [6, 6.07) is 10.9. The summed E-state index contributed by atoms with van der Waals surface area (Å²) < 4.78 is 5.16. The topological polar surface area (TPSA) is 54.3 Å². The molecule has 20 heavy (non-hydrogen) atoms. The summed E-state index contributed by atoms with van der Waals surface area (Å²) in [5.74, 6) is 0.658. The lowest BCUT2D eigenvalue weighted by molar-refractivity contribution is -0.123. The summed E-state index contributed by atoms with van der Waals surface area (Å²) in [5.41, 5.74) is 0.972. The molecule has 0 aliphatic heterocycles. The first-order valence-electron chi connectivity index (χ1n) is 6.43. The van der Waals surface area contributed by atoms with Crippen LogP contribution >= 0.6 is 11.6 Å². The Hall–Kier alpha value is -1.78. The van der Waals surface area contributed by atoms with Crippen LogP contribution in [0.1, 0.15) is 18.2 Å². The molecule has 1 aromatic carbocycles. The summed E-state index contributed by atoms with van der Waals surface area (Å²) in [6.07, 6.45) is 1.58. The molecule has 0 radical (unpaired) electrons. The number of furan rings is 1. The Labute approximate surface area is 123 Å². The fourth-order valence-corrected chi connectivity index (χ4v) is 1.94. The lowest BCUT2D eigenvalue weighted by Crippen LogP contribution is -2.41. The van der Waals surface area contributed by atoms with Gasteiger partial charge in [0.15, 0.2) is 0 Å². The van der Waals surface area contributed by atoms with Crippen molar-refractivity contribution in [3.05, 3.63) is 59.0 Å². The molecule has 0 aliphatic carbocycles. The number of hydrogen-bond acceptors (Lipinski definition) is 3. The van der Waals surface area contributed by atoms with E-state index in [9.17, 15) is 4.79 Å². The second-order valence-corrected chi connectivity index (χ2v) is 4.90. The molecule has 0 saturated carbocycles. The Kier molecular flexibility index (Phi) is 5.21. The van der Waals surface area contributed by atoms with Crippen LogP contribution in [0.25, 0.3) is 0 Å². The van der Waals surface area contributed by atoms with Crippen LogP contribution in [0.5, 0.6) is 0 Å². The van der Waals surface area contributed by atoms with Crippen molar-refractivity contribution < 1.29 is 9.21 Å². The van der Waals surface area contributed by atoms with Gasteiger partial charge in [0.1, 0.15) is 5.76 Å². The summed E-state index contributed by atoms with van der Waals surface area (Å²) >= 11 is 6.06. The highest BCUT2D eigenvalue weighted by Gasteiger charge is 2.12. The van der Waals surface area contributed by atoms with Crippen LogP contribution in [0, 0.1) is 0 Å². The molecule has 2 aromatic rings. The first-order chi connectivity index (χ1) is 9.66. The zero-order chi connectivity index (χ0) is 14.4. The fourth-order valence-electron chi connectivity index (χ4n) is 1.74. The van der Waals surface area contributed by atoms with Crippen molar-refractivity contribution in [1.82, 2.24) is 10.6 Å². The highest BCUT2D eigenvalue weighted by Crippen LogP contribution is 2.14. The van der Waals surface area contributed by atoms with E-state index >= 15 is 0 Å². The van der Waals surface area contributed by atoms with E-state index < -0.39 is 0 Å². The van der Waals surface area contributed by atoms with Gasteiger partial charge in [-0.2, -0.15) is 0 Å². The zero-order valence-corrected chi connectivity index (χ0v) is 12.0. The molecule has 4 nitrogen and oxygen atoms in total. The third-order valence-corrected chi connectivity index (χ3v) is 3.34. The van der Waals surface area contributed by atoms with Gasteiger partial charge in [0.25, 0.3) is 0 Å². The molecular weight excluding hydrogens is 276 g/mol. The fraction of sp³-hybridized carbons (Fsp3) is 0.267. The van der Waals surface area contributed by atoms with Crippen molar-refractivity contribution in [2.75, 3.05) is 0 Å². The second kappa shape index (κ2) is 7.12. The van der Waals surface area contributed by atoms with Crippen LogP contribution < -0.4 is 10.6 Å². The summed E-state index contributed by atoms with van der Waals surface area (Å²) in [6.45, 7) is 2.76. The molecule has 1 unspecified atom stereocenters. The Morgan fingerprint density at radius 2 is 2.05 bits per heavy atom. The maximum absolute atomic E-state index is 11.9. The highest BCUT2D eigenvalue weighted by molar-refractivity contribution is 6.31. The van der Waals surface area contributed by atoms with Crippen molar-refractivity contribution in [2.45, 2.75) is 26.1 Å². The van der Waals surface area contributed by atoms with E-state index in [-0.39, 0.29) is 11.9 Å². The van der Waals surface area contributed by atoms with Gasteiger partial charge >= 0.3 is 0 Å². The van der Waals surface area contributed by atoms with E-state index in [2.05, 4.69) is 10.6 Å². The van der Waals surface area contributed by atoms with Gasteiger partial charge in [-0.05, 0) is 30.7 Å². The Morgan fingerprint density at radius 3 is 2.75 bits per heavy atom. The molecule has 0 saturated heterocycles. The van der Waals surface area contributed by atoms with E-state index in [4.69, 9.17) is 16.0 Å². The van der Waals surface area contributed by atoms with E-state index in [0.717, 1.165) is 11.3 Å².